The van der Waals surface area contributed by atoms with Crippen molar-refractivity contribution in [3.63, 3.8) is 0 Å². The number of alkyl halides is 1. The number of hydrogen-bond donors (Lipinski definition) is 1. The third-order valence-corrected chi connectivity index (χ3v) is 3.09. The molecular weight excluding hydrogens is 222 g/mol. The lowest BCUT2D eigenvalue weighted by molar-refractivity contribution is 0.182. The predicted octanol–water partition coefficient (Wildman–Crippen LogP) is 2.67. The van der Waals surface area contributed by atoms with Crippen LogP contribution in [-0.4, -0.2) is 35.1 Å². The van der Waals surface area contributed by atoms with Crippen molar-refractivity contribution in [2.45, 2.75) is 24.8 Å². The topological polar surface area (TPSA) is 23.5 Å². The second-order valence-corrected chi connectivity index (χ2v) is 5.49. The molecule has 1 unspecified atom stereocenters. The Morgan fingerprint density at radius 1 is 1.38 bits per heavy atom. The van der Waals surface area contributed by atoms with E-state index in [0.29, 0.717) is 12.6 Å². The van der Waals surface area contributed by atoms with Crippen LogP contribution < -0.4 is 0 Å². The summed E-state index contributed by atoms with van der Waals surface area (Å²) in [5, 5.41) is 9.14. The molecule has 3 heteroatoms. The van der Waals surface area contributed by atoms with Crippen molar-refractivity contribution < 1.29 is 5.11 Å². The molecule has 1 aromatic carbocycles. The average molecular weight is 242 g/mol. The first kappa shape index (κ1) is 13.5. The van der Waals surface area contributed by atoms with Gasteiger partial charge in [0.2, 0.25) is 0 Å². The van der Waals surface area contributed by atoms with Crippen LogP contribution in [0.5, 0.6) is 0 Å². The molecule has 90 valence electrons. The van der Waals surface area contributed by atoms with Crippen molar-refractivity contribution in [3.8, 4) is 0 Å². The molecule has 0 amide bonds. The number of aliphatic hydroxyl groups is 1. The third-order valence-electron chi connectivity index (χ3n) is 2.85. The Balaban J connectivity index is 2.65. The number of halogens is 1. The molecule has 0 aliphatic rings. The van der Waals surface area contributed by atoms with Crippen LogP contribution in [0, 0.1) is 0 Å². The normalized spacial score (nSPS) is 17.1. The Kier molecular flexibility index (Phi) is 4.78. The van der Waals surface area contributed by atoms with E-state index < -0.39 is 4.87 Å². The van der Waals surface area contributed by atoms with E-state index in [0.717, 1.165) is 0 Å². The lowest BCUT2D eigenvalue weighted by Crippen LogP contribution is -2.38. The lowest BCUT2D eigenvalue weighted by atomic mass is 10.1. The fourth-order valence-corrected chi connectivity index (χ4v) is 1.88. The van der Waals surface area contributed by atoms with Crippen LogP contribution in [0.4, 0.5) is 0 Å². The van der Waals surface area contributed by atoms with Crippen LogP contribution >= 0.6 is 11.6 Å². The molecule has 0 saturated heterocycles. The summed E-state index contributed by atoms with van der Waals surface area (Å²) in [5.74, 6) is 0. The minimum Gasteiger partial charge on any atom is -0.395 e. The molecule has 0 bridgehead atoms. The van der Waals surface area contributed by atoms with Crippen LogP contribution in [0.15, 0.2) is 30.3 Å². The van der Waals surface area contributed by atoms with Crippen molar-refractivity contribution in [2.75, 3.05) is 20.2 Å². The van der Waals surface area contributed by atoms with E-state index in [-0.39, 0.29) is 6.61 Å². The molecule has 16 heavy (non-hydrogen) atoms. The van der Waals surface area contributed by atoms with E-state index in [2.05, 4.69) is 24.0 Å². The van der Waals surface area contributed by atoms with E-state index in [1.54, 1.807) is 0 Å². The number of benzene rings is 1. The average Bonchev–Trinajstić information content (AvgIpc) is 2.28. The maximum absolute atomic E-state index is 9.14. The van der Waals surface area contributed by atoms with Gasteiger partial charge in [-0.3, -0.25) is 4.90 Å². The molecule has 0 fully saturated rings. The molecule has 0 heterocycles. The van der Waals surface area contributed by atoms with Crippen LogP contribution in [0.3, 0.4) is 0 Å². The zero-order valence-electron chi connectivity index (χ0n) is 10.2. The van der Waals surface area contributed by atoms with E-state index in [1.807, 2.05) is 32.2 Å². The first-order chi connectivity index (χ1) is 7.46. The van der Waals surface area contributed by atoms with E-state index in [4.69, 9.17) is 16.7 Å². The minimum absolute atomic E-state index is 0.0135. The van der Waals surface area contributed by atoms with Gasteiger partial charge in [-0.05, 0) is 26.5 Å². The van der Waals surface area contributed by atoms with Crippen molar-refractivity contribution in [2.24, 2.45) is 0 Å². The molecule has 2 atom stereocenters. The van der Waals surface area contributed by atoms with Gasteiger partial charge >= 0.3 is 0 Å². The zero-order chi connectivity index (χ0) is 12.2. The Hall–Kier alpha value is -0.570. The summed E-state index contributed by atoms with van der Waals surface area (Å²) in [5.41, 5.74) is 1.26. The Morgan fingerprint density at radius 3 is 2.44 bits per heavy atom. The van der Waals surface area contributed by atoms with Crippen molar-refractivity contribution in [1.82, 2.24) is 4.90 Å². The second-order valence-electron chi connectivity index (χ2n) is 4.57. The number of hydrogen-bond acceptors (Lipinski definition) is 2. The number of rotatable bonds is 5. The monoisotopic (exact) mass is 241 g/mol. The highest BCUT2D eigenvalue weighted by Gasteiger charge is 2.24. The highest BCUT2D eigenvalue weighted by atomic mass is 35.5. The van der Waals surface area contributed by atoms with Crippen molar-refractivity contribution in [1.29, 1.82) is 0 Å². The number of aliphatic hydroxyl groups excluding tert-OH is 1. The smallest absolute Gasteiger partial charge is 0.0775 e. The van der Waals surface area contributed by atoms with E-state index >= 15 is 0 Å². The van der Waals surface area contributed by atoms with Crippen LogP contribution in [0.1, 0.15) is 25.5 Å². The summed E-state index contributed by atoms with van der Waals surface area (Å²) < 4.78 is 0. The SMILES string of the molecule is C[C@H](c1ccccc1)N(C)CC(C)(Cl)CO. The molecule has 0 aliphatic heterocycles. The lowest BCUT2D eigenvalue weighted by Gasteiger charge is -2.31. The zero-order valence-corrected chi connectivity index (χ0v) is 10.9. The maximum Gasteiger partial charge on any atom is 0.0775 e. The van der Waals surface area contributed by atoms with Gasteiger partial charge in [0.05, 0.1) is 11.5 Å². The standard InChI is InChI=1S/C13H20ClNO/c1-11(12-7-5-4-6-8-12)15(3)9-13(2,14)10-16/h4-8,11,16H,9-10H2,1-3H3/t11-,13?/m1/s1. The van der Waals surface area contributed by atoms with Gasteiger partial charge < -0.3 is 5.11 Å². The summed E-state index contributed by atoms with van der Waals surface area (Å²) in [6.07, 6.45) is 0. The van der Waals surface area contributed by atoms with Gasteiger partial charge in [-0.25, -0.2) is 0 Å². The molecule has 0 radical (unpaired) electrons. The molecule has 2 nitrogen and oxygen atoms in total. The van der Waals surface area contributed by atoms with Crippen LogP contribution in [-0.2, 0) is 0 Å². The molecule has 0 saturated carbocycles. The Bertz CT molecular complexity index is 313. The molecule has 0 spiro atoms. The van der Waals surface area contributed by atoms with Gasteiger partial charge in [-0.2, -0.15) is 0 Å². The minimum atomic E-state index is -0.572. The molecule has 1 rings (SSSR count). The van der Waals surface area contributed by atoms with Crippen LogP contribution in [0.2, 0.25) is 0 Å². The molecule has 0 aromatic heterocycles. The summed E-state index contributed by atoms with van der Waals surface area (Å²) in [6, 6.07) is 10.6. The quantitative estimate of drug-likeness (QED) is 0.802. The second kappa shape index (κ2) is 5.67. The van der Waals surface area contributed by atoms with Gasteiger partial charge in [-0.1, -0.05) is 30.3 Å². The fourth-order valence-electron chi connectivity index (χ4n) is 1.69. The van der Waals surface area contributed by atoms with Gasteiger partial charge in [0, 0.05) is 12.6 Å². The van der Waals surface area contributed by atoms with Gasteiger partial charge in [-0.15, -0.1) is 11.6 Å². The maximum atomic E-state index is 9.14. The highest BCUT2D eigenvalue weighted by Crippen LogP contribution is 2.22. The predicted molar refractivity (Wildman–Crippen MR) is 68.8 cm³/mol. The van der Waals surface area contributed by atoms with Gasteiger partial charge in [0.15, 0.2) is 0 Å². The summed E-state index contributed by atoms with van der Waals surface area (Å²) >= 11 is 6.16. The molecule has 1 N–H and O–H groups in total. The van der Waals surface area contributed by atoms with Crippen LogP contribution in [0.25, 0.3) is 0 Å². The molecule has 1 aromatic rings. The Morgan fingerprint density at radius 2 is 1.94 bits per heavy atom. The fraction of sp³-hybridized carbons (Fsp3) is 0.538. The van der Waals surface area contributed by atoms with E-state index in [9.17, 15) is 0 Å². The first-order valence-corrected chi connectivity index (χ1v) is 5.89. The molecule has 0 aliphatic carbocycles. The number of nitrogens with zero attached hydrogens (tertiary/aromatic N) is 1. The van der Waals surface area contributed by atoms with Gasteiger partial charge in [0.1, 0.15) is 0 Å². The summed E-state index contributed by atoms with van der Waals surface area (Å²) in [7, 11) is 2.02. The Labute approximate surface area is 103 Å². The summed E-state index contributed by atoms with van der Waals surface area (Å²) in [6.45, 7) is 4.63. The van der Waals surface area contributed by atoms with E-state index in [1.165, 1.54) is 5.56 Å². The van der Waals surface area contributed by atoms with Crippen molar-refractivity contribution in [3.05, 3.63) is 35.9 Å². The van der Waals surface area contributed by atoms with Gasteiger partial charge in [0.25, 0.3) is 0 Å². The molecular formula is C13H20ClNO. The first-order valence-electron chi connectivity index (χ1n) is 5.51. The highest BCUT2D eigenvalue weighted by molar-refractivity contribution is 6.24. The van der Waals surface area contributed by atoms with Crippen molar-refractivity contribution >= 4 is 11.6 Å². The summed E-state index contributed by atoms with van der Waals surface area (Å²) in [4.78, 5) is 1.58. The largest absolute Gasteiger partial charge is 0.395 e. The third kappa shape index (κ3) is 3.78.